The fourth-order valence-corrected chi connectivity index (χ4v) is 3.62. The molecule has 1 heterocycles. The van der Waals surface area contributed by atoms with E-state index in [1.54, 1.807) is 13.2 Å². The van der Waals surface area contributed by atoms with Gasteiger partial charge in [-0.3, -0.25) is 9.59 Å². The average molecular weight is 409 g/mol. The van der Waals surface area contributed by atoms with E-state index in [-0.39, 0.29) is 11.8 Å². The van der Waals surface area contributed by atoms with Crippen LogP contribution < -0.4 is 15.4 Å². The van der Waals surface area contributed by atoms with Gasteiger partial charge >= 0.3 is 0 Å². The first-order valence-electron chi connectivity index (χ1n) is 9.48. The van der Waals surface area contributed by atoms with Gasteiger partial charge in [0.25, 0.3) is 5.91 Å². The van der Waals surface area contributed by atoms with Crippen LogP contribution >= 0.6 is 11.3 Å². The van der Waals surface area contributed by atoms with Gasteiger partial charge in [0, 0.05) is 30.6 Å². The molecule has 29 heavy (non-hydrogen) atoms. The average Bonchev–Trinajstić information content (AvgIpc) is 3.27. The smallest absolute Gasteiger partial charge is 0.261 e. The van der Waals surface area contributed by atoms with Gasteiger partial charge in [-0.15, -0.1) is 11.3 Å². The van der Waals surface area contributed by atoms with Crippen molar-refractivity contribution >= 4 is 28.8 Å². The Morgan fingerprint density at radius 2 is 1.86 bits per heavy atom. The highest BCUT2D eigenvalue weighted by Gasteiger charge is 2.09. The van der Waals surface area contributed by atoms with Crippen LogP contribution in [0.3, 0.4) is 0 Å². The number of carbonyl (C=O) groups excluding carboxylic acids is 2. The molecule has 6 heteroatoms. The van der Waals surface area contributed by atoms with E-state index in [1.165, 1.54) is 16.9 Å². The number of hydrogen-bond acceptors (Lipinski definition) is 4. The summed E-state index contributed by atoms with van der Waals surface area (Å²) in [6.07, 6.45) is 1.64. The lowest BCUT2D eigenvalue weighted by atomic mass is 10.0. The van der Waals surface area contributed by atoms with Crippen molar-refractivity contribution in [2.75, 3.05) is 19.0 Å². The molecule has 0 saturated heterocycles. The van der Waals surface area contributed by atoms with Gasteiger partial charge in [0.15, 0.2) is 0 Å². The molecule has 0 unspecified atom stereocenters. The SMILES string of the molecule is COc1ccc(NC(=O)CCCNC(=O)c2cccs2)cc1Cc1ccccc1. The number of benzene rings is 2. The number of rotatable bonds is 9. The second-order valence-corrected chi connectivity index (χ2v) is 7.52. The summed E-state index contributed by atoms with van der Waals surface area (Å²) in [6, 6.07) is 19.4. The molecule has 0 fully saturated rings. The summed E-state index contributed by atoms with van der Waals surface area (Å²) in [5.74, 6) is 0.621. The first kappa shape index (κ1) is 20.6. The molecule has 0 aliphatic carbocycles. The third-order valence-corrected chi connectivity index (χ3v) is 5.28. The number of thiophene rings is 1. The van der Waals surface area contributed by atoms with E-state index in [9.17, 15) is 9.59 Å². The molecular formula is C23H24N2O3S. The van der Waals surface area contributed by atoms with Crippen molar-refractivity contribution in [3.63, 3.8) is 0 Å². The van der Waals surface area contributed by atoms with E-state index in [0.717, 1.165) is 23.4 Å². The van der Waals surface area contributed by atoms with Gasteiger partial charge in [-0.1, -0.05) is 36.4 Å². The molecule has 0 aliphatic heterocycles. The van der Waals surface area contributed by atoms with Crippen LogP contribution in [0.25, 0.3) is 0 Å². The molecule has 1 aromatic heterocycles. The minimum Gasteiger partial charge on any atom is -0.496 e. The predicted octanol–water partition coefficient (Wildman–Crippen LogP) is 4.50. The number of carbonyl (C=O) groups is 2. The molecular weight excluding hydrogens is 384 g/mol. The van der Waals surface area contributed by atoms with Crippen molar-refractivity contribution in [2.24, 2.45) is 0 Å². The van der Waals surface area contributed by atoms with Crippen LogP contribution in [-0.2, 0) is 11.2 Å². The number of nitrogens with one attached hydrogen (secondary N) is 2. The quantitative estimate of drug-likeness (QED) is 0.513. The summed E-state index contributed by atoms with van der Waals surface area (Å²) in [4.78, 5) is 24.8. The molecule has 2 amide bonds. The molecule has 0 saturated carbocycles. The van der Waals surface area contributed by atoms with Crippen molar-refractivity contribution in [1.82, 2.24) is 5.32 Å². The Morgan fingerprint density at radius 1 is 1.03 bits per heavy atom. The molecule has 5 nitrogen and oxygen atoms in total. The lowest BCUT2D eigenvalue weighted by Gasteiger charge is -2.12. The third kappa shape index (κ3) is 6.19. The molecule has 2 aromatic carbocycles. The maximum Gasteiger partial charge on any atom is 0.261 e. The van der Waals surface area contributed by atoms with Crippen molar-refractivity contribution in [3.05, 3.63) is 82.0 Å². The topological polar surface area (TPSA) is 67.4 Å². The minimum absolute atomic E-state index is 0.0776. The Hall–Kier alpha value is -3.12. The second-order valence-electron chi connectivity index (χ2n) is 6.57. The molecule has 0 spiro atoms. The normalized spacial score (nSPS) is 10.4. The summed E-state index contributed by atoms with van der Waals surface area (Å²) < 4.78 is 5.46. The van der Waals surface area contributed by atoms with Gasteiger partial charge in [-0.05, 0) is 41.6 Å². The van der Waals surface area contributed by atoms with Crippen molar-refractivity contribution < 1.29 is 14.3 Å². The van der Waals surface area contributed by atoms with Gasteiger partial charge in [0.2, 0.25) is 5.91 Å². The zero-order valence-corrected chi connectivity index (χ0v) is 17.1. The van der Waals surface area contributed by atoms with Crippen LogP contribution in [0.15, 0.2) is 66.0 Å². The van der Waals surface area contributed by atoms with Gasteiger partial charge in [-0.25, -0.2) is 0 Å². The Morgan fingerprint density at radius 3 is 2.59 bits per heavy atom. The van der Waals surface area contributed by atoms with Crippen molar-refractivity contribution in [2.45, 2.75) is 19.3 Å². The molecule has 3 rings (SSSR count). The maximum atomic E-state index is 12.3. The monoisotopic (exact) mass is 408 g/mol. The summed E-state index contributed by atoms with van der Waals surface area (Å²) in [5.41, 5.74) is 2.93. The van der Waals surface area contributed by atoms with Crippen molar-refractivity contribution in [1.29, 1.82) is 0 Å². The largest absolute Gasteiger partial charge is 0.496 e. The van der Waals surface area contributed by atoms with E-state index < -0.39 is 0 Å². The highest BCUT2D eigenvalue weighted by atomic mass is 32.1. The zero-order valence-electron chi connectivity index (χ0n) is 16.3. The van der Waals surface area contributed by atoms with Gasteiger partial charge in [-0.2, -0.15) is 0 Å². The number of amides is 2. The van der Waals surface area contributed by atoms with Crippen LogP contribution in [0, 0.1) is 0 Å². The summed E-state index contributed by atoms with van der Waals surface area (Å²) in [5, 5.41) is 7.63. The van der Waals surface area contributed by atoms with Crippen molar-refractivity contribution in [3.8, 4) is 5.75 Å². The Kier molecular flexibility index (Phi) is 7.41. The zero-order chi connectivity index (χ0) is 20.5. The number of anilines is 1. The Bertz CT molecular complexity index is 940. The fraction of sp³-hybridized carbons (Fsp3) is 0.217. The Labute approximate surface area is 174 Å². The summed E-state index contributed by atoms with van der Waals surface area (Å²) in [6.45, 7) is 0.464. The van der Waals surface area contributed by atoms with Crippen LogP contribution in [0.5, 0.6) is 5.75 Å². The van der Waals surface area contributed by atoms with Gasteiger partial charge < -0.3 is 15.4 Å². The second kappa shape index (κ2) is 10.4. The van der Waals surface area contributed by atoms with Gasteiger partial charge in [0.05, 0.1) is 12.0 Å². The maximum absolute atomic E-state index is 12.3. The van der Waals surface area contributed by atoms with E-state index in [1.807, 2.05) is 47.8 Å². The minimum atomic E-state index is -0.0962. The molecule has 3 aromatic rings. The summed E-state index contributed by atoms with van der Waals surface area (Å²) in [7, 11) is 1.65. The first-order chi connectivity index (χ1) is 14.2. The van der Waals surface area contributed by atoms with E-state index in [0.29, 0.717) is 24.3 Å². The van der Waals surface area contributed by atoms with Gasteiger partial charge in [0.1, 0.15) is 5.75 Å². The predicted molar refractivity (Wildman–Crippen MR) is 117 cm³/mol. The molecule has 150 valence electrons. The molecule has 0 bridgehead atoms. The van der Waals surface area contributed by atoms with Crippen LogP contribution in [0.4, 0.5) is 5.69 Å². The number of methoxy groups -OCH3 is 1. The third-order valence-electron chi connectivity index (χ3n) is 4.41. The summed E-state index contributed by atoms with van der Waals surface area (Å²) >= 11 is 1.40. The fourth-order valence-electron chi connectivity index (χ4n) is 2.98. The molecule has 0 aliphatic rings. The highest BCUT2D eigenvalue weighted by molar-refractivity contribution is 7.12. The van der Waals surface area contributed by atoms with Crippen LogP contribution in [0.1, 0.15) is 33.6 Å². The van der Waals surface area contributed by atoms with E-state index >= 15 is 0 Å². The number of hydrogen-bond donors (Lipinski definition) is 2. The lowest BCUT2D eigenvalue weighted by molar-refractivity contribution is -0.116. The Balaban J connectivity index is 1.50. The van der Waals surface area contributed by atoms with Crippen LogP contribution in [0.2, 0.25) is 0 Å². The standard InChI is InChI=1S/C23H24N2O3S/c1-28-20-12-11-19(16-18(20)15-17-7-3-2-4-8-17)25-22(26)10-5-13-24-23(27)21-9-6-14-29-21/h2-4,6-9,11-12,14,16H,5,10,13,15H2,1H3,(H,24,27)(H,25,26). The molecule has 2 N–H and O–H groups in total. The number of ether oxygens (including phenoxy) is 1. The van der Waals surface area contributed by atoms with E-state index in [4.69, 9.17) is 4.74 Å². The first-order valence-corrected chi connectivity index (χ1v) is 10.4. The lowest BCUT2D eigenvalue weighted by Crippen LogP contribution is -2.24. The molecule has 0 radical (unpaired) electrons. The van der Waals surface area contributed by atoms with Crippen LogP contribution in [-0.4, -0.2) is 25.5 Å². The highest BCUT2D eigenvalue weighted by Crippen LogP contribution is 2.25. The van der Waals surface area contributed by atoms with E-state index in [2.05, 4.69) is 22.8 Å². The molecule has 0 atom stereocenters.